The van der Waals surface area contributed by atoms with E-state index < -0.39 is 5.91 Å². The van der Waals surface area contributed by atoms with Gasteiger partial charge in [0.1, 0.15) is 23.9 Å². The number of amides is 2. The van der Waals surface area contributed by atoms with Gasteiger partial charge >= 0.3 is 5.91 Å². The van der Waals surface area contributed by atoms with Crippen LogP contribution in [-0.2, 0) is 11.4 Å². The van der Waals surface area contributed by atoms with Crippen molar-refractivity contribution in [3.8, 4) is 17.2 Å². The van der Waals surface area contributed by atoms with E-state index in [-0.39, 0.29) is 24.9 Å². The van der Waals surface area contributed by atoms with E-state index >= 15 is 0 Å². The molecule has 45 heavy (non-hydrogen) atoms. The molecule has 5 aromatic rings. The molecule has 0 fully saturated rings. The minimum absolute atomic E-state index is 0.106. The number of ether oxygens (including phenoxy) is 2. The molecule has 0 aliphatic carbocycles. The average molecular weight is 734 g/mol. The normalized spacial score (nSPS) is 11.0. The van der Waals surface area contributed by atoms with Gasteiger partial charge in [0.15, 0.2) is 12.4 Å². The Morgan fingerprint density at radius 1 is 0.889 bits per heavy atom. The fourth-order valence-electron chi connectivity index (χ4n) is 4.55. The van der Waals surface area contributed by atoms with Crippen LogP contribution >= 0.6 is 31.9 Å². The zero-order chi connectivity index (χ0) is 31.9. The van der Waals surface area contributed by atoms with E-state index in [1.54, 1.807) is 24.3 Å². The van der Waals surface area contributed by atoms with Crippen LogP contribution in [0.15, 0.2) is 103 Å². The quantitative estimate of drug-likeness (QED) is 0.106. The van der Waals surface area contributed by atoms with Crippen LogP contribution in [0.2, 0.25) is 0 Å². The maximum Gasteiger partial charge on any atom is 0.307 e. The molecule has 9 nitrogen and oxygen atoms in total. The molecule has 0 bridgehead atoms. The summed E-state index contributed by atoms with van der Waals surface area (Å²) < 4.78 is 20.6. The summed E-state index contributed by atoms with van der Waals surface area (Å²) in [5, 5.41) is 6.88. The first-order chi connectivity index (χ1) is 21.7. The topological polar surface area (TPSA) is 107 Å². The lowest BCUT2D eigenvalue weighted by atomic mass is 10.2. The molecule has 0 unspecified atom stereocenters. The standard InChI is InChI=1S/C34H30Br2N4O5/c1-21-6-4-5-7-30(21)38-32(41)20-44-33-28(35)16-24(17-29(33)36)18-37-39-34(42)31-15-14-27(45-31)19-43-26-12-10-25(11-13-26)40-22(2)8-9-23(40)3/h4-18H,19-20H2,1-3H3,(H,38,41)(H,39,42)/b37-18+. The summed E-state index contributed by atoms with van der Waals surface area (Å²) in [6, 6.07) is 26.2. The van der Waals surface area contributed by atoms with E-state index in [2.05, 4.69) is 78.3 Å². The van der Waals surface area contributed by atoms with Crippen LogP contribution in [-0.4, -0.2) is 29.2 Å². The minimum Gasteiger partial charge on any atom is -0.486 e. The lowest BCUT2D eigenvalue weighted by molar-refractivity contribution is -0.118. The molecule has 5 rings (SSSR count). The summed E-state index contributed by atoms with van der Waals surface area (Å²) in [7, 11) is 0. The molecule has 0 aliphatic heterocycles. The van der Waals surface area contributed by atoms with Gasteiger partial charge in [0.05, 0.1) is 15.2 Å². The number of hydrogen-bond donors (Lipinski definition) is 2. The summed E-state index contributed by atoms with van der Waals surface area (Å²) in [6.45, 7) is 6.05. The first-order valence-corrected chi connectivity index (χ1v) is 15.5. The van der Waals surface area contributed by atoms with Crippen molar-refractivity contribution >= 4 is 55.6 Å². The Morgan fingerprint density at radius 3 is 2.27 bits per heavy atom. The number of rotatable bonds is 11. The van der Waals surface area contributed by atoms with Crippen molar-refractivity contribution in [2.24, 2.45) is 5.10 Å². The summed E-state index contributed by atoms with van der Waals surface area (Å²) in [6.07, 6.45) is 1.48. The van der Waals surface area contributed by atoms with E-state index in [4.69, 9.17) is 13.9 Å². The zero-order valence-corrected chi connectivity index (χ0v) is 27.9. The van der Waals surface area contributed by atoms with Crippen LogP contribution in [0, 0.1) is 20.8 Å². The van der Waals surface area contributed by atoms with Crippen molar-refractivity contribution in [2.75, 3.05) is 11.9 Å². The van der Waals surface area contributed by atoms with E-state index in [0.717, 1.165) is 28.3 Å². The smallest absolute Gasteiger partial charge is 0.307 e. The van der Waals surface area contributed by atoms with Crippen molar-refractivity contribution in [2.45, 2.75) is 27.4 Å². The average Bonchev–Trinajstić information content (AvgIpc) is 3.63. The van der Waals surface area contributed by atoms with Crippen LogP contribution in [0.4, 0.5) is 5.69 Å². The predicted molar refractivity (Wildman–Crippen MR) is 180 cm³/mol. The van der Waals surface area contributed by atoms with Crippen LogP contribution in [0.25, 0.3) is 5.69 Å². The fraction of sp³-hybridized carbons (Fsp3) is 0.147. The van der Waals surface area contributed by atoms with Crippen molar-refractivity contribution in [1.82, 2.24) is 9.99 Å². The number of carbonyl (C=O) groups is 2. The number of para-hydroxylation sites is 1. The lowest BCUT2D eigenvalue weighted by Gasteiger charge is -2.12. The van der Waals surface area contributed by atoms with Crippen LogP contribution in [0.1, 0.15) is 38.8 Å². The molecule has 2 amide bonds. The number of hydrogen-bond acceptors (Lipinski definition) is 6. The Balaban J connectivity index is 1.10. The second kappa shape index (κ2) is 14.4. The summed E-state index contributed by atoms with van der Waals surface area (Å²) in [5.74, 6) is 0.973. The number of furan rings is 1. The van der Waals surface area contributed by atoms with Crippen molar-refractivity contribution in [1.29, 1.82) is 0 Å². The van der Waals surface area contributed by atoms with Gasteiger partial charge in [-0.3, -0.25) is 9.59 Å². The van der Waals surface area contributed by atoms with Gasteiger partial charge in [0.25, 0.3) is 5.91 Å². The second-order valence-corrected chi connectivity index (χ2v) is 11.9. The number of nitrogens with one attached hydrogen (secondary N) is 2. The number of benzene rings is 3. The molecule has 0 saturated heterocycles. The number of hydrazone groups is 1. The van der Waals surface area contributed by atoms with Crippen LogP contribution in [0.3, 0.4) is 0 Å². The lowest BCUT2D eigenvalue weighted by Crippen LogP contribution is -2.21. The third kappa shape index (κ3) is 8.11. The first kappa shape index (κ1) is 31.8. The molecule has 0 aliphatic rings. The molecule has 0 radical (unpaired) electrons. The fourth-order valence-corrected chi connectivity index (χ4v) is 6.00. The van der Waals surface area contributed by atoms with E-state index in [1.165, 1.54) is 6.21 Å². The monoisotopic (exact) mass is 732 g/mol. The molecule has 2 heterocycles. The number of aryl methyl sites for hydroxylation is 3. The Labute approximate surface area is 277 Å². The highest BCUT2D eigenvalue weighted by Gasteiger charge is 2.14. The van der Waals surface area contributed by atoms with Gasteiger partial charge in [-0.15, -0.1) is 0 Å². The van der Waals surface area contributed by atoms with Crippen molar-refractivity contribution in [3.05, 3.63) is 128 Å². The van der Waals surface area contributed by atoms with Crippen LogP contribution in [0.5, 0.6) is 11.5 Å². The van der Waals surface area contributed by atoms with E-state index in [9.17, 15) is 9.59 Å². The Morgan fingerprint density at radius 2 is 1.58 bits per heavy atom. The molecule has 0 saturated carbocycles. The number of halogens is 2. The zero-order valence-electron chi connectivity index (χ0n) is 24.8. The predicted octanol–water partition coefficient (Wildman–Crippen LogP) is 7.88. The Hall–Kier alpha value is -4.61. The van der Waals surface area contributed by atoms with Gasteiger partial charge in [-0.25, -0.2) is 5.43 Å². The van der Waals surface area contributed by atoms with Gasteiger partial charge in [0, 0.05) is 22.8 Å². The maximum atomic E-state index is 12.6. The van der Waals surface area contributed by atoms with Gasteiger partial charge in [-0.2, -0.15) is 5.10 Å². The highest BCUT2D eigenvalue weighted by molar-refractivity contribution is 9.11. The van der Waals surface area contributed by atoms with E-state index in [0.29, 0.717) is 31.8 Å². The SMILES string of the molecule is Cc1ccccc1NC(=O)COc1c(Br)cc(/C=N/NC(=O)c2ccc(COc3ccc(-n4c(C)ccc4C)cc3)o2)cc1Br. The maximum absolute atomic E-state index is 12.6. The van der Waals surface area contributed by atoms with E-state index in [1.807, 2.05) is 55.5 Å². The molecule has 3 aromatic carbocycles. The minimum atomic E-state index is -0.503. The van der Waals surface area contributed by atoms with Crippen LogP contribution < -0.4 is 20.2 Å². The van der Waals surface area contributed by atoms with Gasteiger partial charge in [-0.1, -0.05) is 18.2 Å². The summed E-state index contributed by atoms with van der Waals surface area (Å²) in [4.78, 5) is 25.0. The molecule has 230 valence electrons. The highest BCUT2D eigenvalue weighted by Crippen LogP contribution is 2.34. The Kier molecular flexibility index (Phi) is 10.2. The number of anilines is 1. The largest absolute Gasteiger partial charge is 0.486 e. The molecule has 11 heteroatoms. The van der Waals surface area contributed by atoms with Crippen molar-refractivity contribution in [3.63, 3.8) is 0 Å². The molecule has 0 spiro atoms. The second-order valence-electron chi connectivity index (χ2n) is 10.2. The molecular weight excluding hydrogens is 704 g/mol. The number of nitrogens with zero attached hydrogens (tertiary/aromatic N) is 2. The summed E-state index contributed by atoms with van der Waals surface area (Å²) >= 11 is 6.95. The molecular formula is C34H30Br2N4O5. The van der Waals surface area contributed by atoms with Crippen molar-refractivity contribution < 1.29 is 23.5 Å². The third-order valence-corrected chi connectivity index (χ3v) is 7.98. The number of carbonyl (C=O) groups excluding carboxylic acids is 2. The molecule has 2 aromatic heterocycles. The first-order valence-electron chi connectivity index (χ1n) is 14.0. The summed E-state index contributed by atoms with van der Waals surface area (Å²) in [5.41, 5.74) is 8.21. The van der Waals surface area contributed by atoms with Gasteiger partial charge in [0.2, 0.25) is 0 Å². The molecule has 2 N–H and O–H groups in total. The van der Waals surface area contributed by atoms with Gasteiger partial charge < -0.3 is 23.8 Å². The Bertz CT molecular complexity index is 1820. The van der Waals surface area contributed by atoms with Gasteiger partial charge in [-0.05, 0) is 130 Å². The highest BCUT2D eigenvalue weighted by atomic mass is 79.9. The molecule has 0 atom stereocenters. The number of aromatic nitrogens is 1. The third-order valence-electron chi connectivity index (χ3n) is 6.80.